The average Bonchev–Trinajstić information content (AvgIpc) is 2.87. The molecule has 0 spiro atoms. The minimum Gasteiger partial charge on any atom is -0.508 e. The Kier molecular flexibility index (Phi) is 4.45. The first kappa shape index (κ1) is 14.6. The van der Waals surface area contributed by atoms with Crippen molar-refractivity contribution in [1.82, 2.24) is 14.9 Å². The molecular weight excluding hydrogens is 250 g/mol. The molecule has 2 N–H and O–H groups in total. The number of benzene rings is 1. The zero-order valence-corrected chi connectivity index (χ0v) is 12.4. The lowest BCUT2D eigenvalue weighted by molar-refractivity contribution is 0.239. The number of imidazole rings is 1. The summed E-state index contributed by atoms with van der Waals surface area (Å²) in [5.41, 5.74) is 1.04. The maximum Gasteiger partial charge on any atom is 0.120 e. The molecule has 1 heterocycles. The molecule has 1 aromatic heterocycles. The van der Waals surface area contributed by atoms with Crippen LogP contribution in [0.1, 0.15) is 26.3 Å². The Labute approximate surface area is 120 Å². The Balaban J connectivity index is 2.03. The number of phenolic OH excluding ortho intramolecular Hbond substituents is 1. The molecule has 1 atom stereocenters. The van der Waals surface area contributed by atoms with Crippen molar-refractivity contribution in [1.29, 1.82) is 0 Å². The van der Waals surface area contributed by atoms with Crippen LogP contribution >= 0.6 is 0 Å². The number of aromatic nitrogens is 2. The molecule has 4 nitrogen and oxygen atoms in total. The number of hydrogen-bond acceptors (Lipinski definition) is 3. The molecule has 0 bridgehead atoms. The Bertz CT molecular complexity index is 529. The minimum absolute atomic E-state index is 0.120. The van der Waals surface area contributed by atoms with Crippen LogP contribution in [0.25, 0.3) is 0 Å². The van der Waals surface area contributed by atoms with Crippen molar-refractivity contribution in [3.8, 4) is 5.75 Å². The van der Waals surface area contributed by atoms with Gasteiger partial charge in [0.05, 0.1) is 6.33 Å². The Morgan fingerprint density at radius 3 is 2.65 bits per heavy atom. The summed E-state index contributed by atoms with van der Waals surface area (Å²) in [6.07, 6.45) is 5.60. The van der Waals surface area contributed by atoms with E-state index < -0.39 is 0 Å². The lowest BCUT2D eigenvalue weighted by Crippen LogP contribution is -2.42. The first-order valence-electron chi connectivity index (χ1n) is 6.93. The third-order valence-corrected chi connectivity index (χ3v) is 3.53. The van der Waals surface area contributed by atoms with E-state index in [1.807, 2.05) is 30.7 Å². The lowest BCUT2D eigenvalue weighted by atomic mass is 9.86. The summed E-state index contributed by atoms with van der Waals surface area (Å²) in [6, 6.07) is 7.74. The van der Waals surface area contributed by atoms with Gasteiger partial charge in [0.25, 0.3) is 0 Å². The molecule has 0 amide bonds. The maximum atomic E-state index is 9.83. The molecule has 1 unspecified atom stereocenters. The van der Waals surface area contributed by atoms with E-state index in [1.54, 1.807) is 12.3 Å². The standard InChI is InChI=1S/C16H23N3O/c1-16(2,3)15(11-19-9-8-17-12-19)18-10-13-6-4-5-7-14(13)20/h4-9,12,15,18,20H,10-11H2,1-3H3. The number of nitrogens with one attached hydrogen (secondary N) is 1. The number of rotatable bonds is 5. The first-order valence-corrected chi connectivity index (χ1v) is 6.93. The number of aromatic hydroxyl groups is 1. The summed E-state index contributed by atoms with van der Waals surface area (Å²) >= 11 is 0. The van der Waals surface area contributed by atoms with Gasteiger partial charge in [-0.1, -0.05) is 39.0 Å². The highest BCUT2D eigenvalue weighted by molar-refractivity contribution is 5.31. The molecule has 0 saturated carbocycles. The summed E-state index contributed by atoms with van der Waals surface area (Å²) in [7, 11) is 0. The van der Waals surface area contributed by atoms with Gasteiger partial charge in [0.15, 0.2) is 0 Å². The topological polar surface area (TPSA) is 50.1 Å². The fraction of sp³-hybridized carbons (Fsp3) is 0.438. The Hall–Kier alpha value is -1.81. The summed E-state index contributed by atoms with van der Waals surface area (Å²) < 4.78 is 2.08. The zero-order valence-electron chi connectivity index (χ0n) is 12.4. The molecule has 2 aromatic rings. The van der Waals surface area contributed by atoms with Crippen LogP contribution in [0.2, 0.25) is 0 Å². The van der Waals surface area contributed by atoms with Gasteiger partial charge in [-0.25, -0.2) is 4.98 Å². The summed E-state index contributed by atoms with van der Waals surface area (Å²) in [4.78, 5) is 4.08. The van der Waals surface area contributed by atoms with Gasteiger partial charge in [-0.15, -0.1) is 0 Å². The zero-order chi connectivity index (χ0) is 14.6. The van der Waals surface area contributed by atoms with Gasteiger partial charge in [0.2, 0.25) is 0 Å². The maximum absolute atomic E-state index is 9.83. The fourth-order valence-corrected chi connectivity index (χ4v) is 2.14. The lowest BCUT2D eigenvalue weighted by Gasteiger charge is -2.32. The summed E-state index contributed by atoms with van der Waals surface area (Å²) in [5.74, 6) is 0.343. The summed E-state index contributed by atoms with van der Waals surface area (Å²) in [6.45, 7) is 8.16. The quantitative estimate of drug-likeness (QED) is 0.880. The highest BCUT2D eigenvalue weighted by Crippen LogP contribution is 2.22. The van der Waals surface area contributed by atoms with E-state index in [1.165, 1.54) is 0 Å². The van der Waals surface area contributed by atoms with Crippen LogP contribution < -0.4 is 5.32 Å². The van der Waals surface area contributed by atoms with Gasteiger partial charge >= 0.3 is 0 Å². The van der Waals surface area contributed by atoms with Crippen molar-refractivity contribution in [3.63, 3.8) is 0 Å². The molecule has 0 fully saturated rings. The van der Waals surface area contributed by atoms with Crippen molar-refractivity contribution in [2.75, 3.05) is 0 Å². The molecule has 0 radical (unpaired) electrons. The monoisotopic (exact) mass is 273 g/mol. The van der Waals surface area contributed by atoms with Crippen LogP contribution in [0.15, 0.2) is 43.0 Å². The van der Waals surface area contributed by atoms with Crippen LogP contribution in [0.4, 0.5) is 0 Å². The molecule has 1 aromatic carbocycles. The van der Waals surface area contributed by atoms with E-state index in [0.29, 0.717) is 12.3 Å². The van der Waals surface area contributed by atoms with E-state index in [4.69, 9.17) is 0 Å². The van der Waals surface area contributed by atoms with Gasteiger partial charge < -0.3 is 15.0 Å². The third kappa shape index (κ3) is 3.84. The molecule has 2 rings (SSSR count). The highest BCUT2D eigenvalue weighted by atomic mass is 16.3. The van der Waals surface area contributed by atoms with Crippen LogP contribution in [0.3, 0.4) is 0 Å². The Morgan fingerprint density at radius 1 is 1.30 bits per heavy atom. The number of nitrogens with zero attached hydrogens (tertiary/aromatic N) is 2. The van der Waals surface area contributed by atoms with Crippen LogP contribution in [0, 0.1) is 5.41 Å². The Morgan fingerprint density at radius 2 is 2.05 bits per heavy atom. The molecule has 4 heteroatoms. The predicted molar refractivity (Wildman–Crippen MR) is 80.4 cm³/mol. The second-order valence-electron chi connectivity index (χ2n) is 6.19. The highest BCUT2D eigenvalue weighted by Gasteiger charge is 2.24. The number of hydrogen-bond donors (Lipinski definition) is 2. The SMILES string of the molecule is CC(C)(C)C(Cn1ccnc1)NCc1ccccc1O. The van der Waals surface area contributed by atoms with E-state index in [0.717, 1.165) is 12.1 Å². The van der Waals surface area contributed by atoms with Crippen molar-refractivity contribution < 1.29 is 5.11 Å². The third-order valence-electron chi connectivity index (χ3n) is 3.53. The average molecular weight is 273 g/mol. The van der Waals surface area contributed by atoms with Gasteiger partial charge in [-0.05, 0) is 11.5 Å². The normalized spacial score (nSPS) is 13.3. The molecule has 0 aliphatic carbocycles. The van der Waals surface area contributed by atoms with Crippen molar-refractivity contribution in [2.24, 2.45) is 5.41 Å². The molecule has 108 valence electrons. The summed E-state index contributed by atoms with van der Waals surface area (Å²) in [5, 5.41) is 13.4. The van der Waals surface area contributed by atoms with Crippen LogP contribution in [0.5, 0.6) is 5.75 Å². The van der Waals surface area contributed by atoms with Crippen LogP contribution in [-0.4, -0.2) is 20.7 Å². The van der Waals surface area contributed by atoms with E-state index >= 15 is 0 Å². The molecule has 0 aliphatic heterocycles. The van der Waals surface area contributed by atoms with Crippen LogP contribution in [-0.2, 0) is 13.1 Å². The largest absolute Gasteiger partial charge is 0.508 e. The van der Waals surface area contributed by atoms with E-state index in [9.17, 15) is 5.11 Å². The predicted octanol–water partition coefficient (Wildman–Crippen LogP) is 2.79. The van der Waals surface area contributed by atoms with Crippen molar-refractivity contribution in [3.05, 3.63) is 48.5 Å². The van der Waals surface area contributed by atoms with Crippen molar-refractivity contribution in [2.45, 2.75) is 39.9 Å². The fourth-order valence-electron chi connectivity index (χ4n) is 2.14. The minimum atomic E-state index is 0.120. The molecule has 20 heavy (non-hydrogen) atoms. The van der Waals surface area contributed by atoms with E-state index in [-0.39, 0.29) is 11.5 Å². The van der Waals surface area contributed by atoms with Gasteiger partial charge in [-0.2, -0.15) is 0 Å². The number of para-hydroxylation sites is 1. The van der Waals surface area contributed by atoms with E-state index in [2.05, 4.69) is 35.6 Å². The van der Waals surface area contributed by atoms with Crippen molar-refractivity contribution >= 4 is 0 Å². The smallest absolute Gasteiger partial charge is 0.120 e. The number of phenols is 1. The first-order chi connectivity index (χ1) is 9.47. The second-order valence-corrected chi connectivity index (χ2v) is 6.19. The van der Waals surface area contributed by atoms with Gasteiger partial charge in [-0.3, -0.25) is 0 Å². The van der Waals surface area contributed by atoms with Gasteiger partial charge in [0, 0.05) is 37.1 Å². The molecule has 0 saturated heterocycles. The molecule has 0 aliphatic rings. The second kappa shape index (κ2) is 6.09. The van der Waals surface area contributed by atoms with Gasteiger partial charge in [0.1, 0.15) is 5.75 Å². The molecular formula is C16H23N3O.